The van der Waals surface area contributed by atoms with Crippen LogP contribution in [-0.2, 0) is 21.2 Å². The first-order valence-electron chi connectivity index (χ1n) is 9.22. The summed E-state index contributed by atoms with van der Waals surface area (Å²) >= 11 is 6.12. The van der Waals surface area contributed by atoms with E-state index in [4.69, 9.17) is 11.6 Å². The molecule has 3 aromatic rings. The van der Waals surface area contributed by atoms with Crippen molar-refractivity contribution in [2.75, 3.05) is 16.2 Å². The van der Waals surface area contributed by atoms with Gasteiger partial charge in [0.2, 0.25) is 5.91 Å². The van der Waals surface area contributed by atoms with Gasteiger partial charge >= 0.3 is 0 Å². The van der Waals surface area contributed by atoms with Crippen LogP contribution < -0.4 is 9.62 Å². The van der Waals surface area contributed by atoms with Crippen molar-refractivity contribution in [2.24, 2.45) is 0 Å². The van der Waals surface area contributed by atoms with E-state index in [1.165, 1.54) is 13.0 Å². The predicted molar refractivity (Wildman–Crippen MR) is 114 cm³/mol. The number of nitrogens with zero attached hydrogens (tertiary/aromatic N) is 2. The van der Waals surface area contributed by atoms with Crippen molar-refractivity contribution >= 4 is 38.9 Å². The van der Waals surface area contributed by atoms with Crippen LogP contribution in [0.5, 0.6) is 0 Å². The van der Waals surface area contributed by atoms with Crippen LogP contribution in [0.2, 0.25) is 5.02 Å². The monoisotopic (exact) mass is 429 g/mol. The van der Waals surface area contributed by atoms with E-state index in [-0.39, 0.29) is 10.8 Å². The number of rotatable bonds is 4. The first-order chi connectivity index (χ1) is 13.8. The minimum Gasteiger partial charge on any atom is -0.322 e. The Morgan fingerprint density at radius 1 is 1.07 bits per heavy atom. The molecule has 0 aliphatic carbocycles. The number of anilines is 2. The maximum Gasteiger partial charge on any atom is 0.261 e. The lowest BCUT2D eigenvalue weighted by atomic mass is 10.0. The standard InChI is InChI=1S/C21H20ClN3O3S/c1-15(26)25-12-4-5-16-13-18(7-9-20(16)25)29(27,28)23-19-8-6-17(22)14-21(19)24-10-2-3-11-24/h2-3,6-11,13-14,23H,4-5,12H2,1H3. The Morgan fingerprint density at radius 3 is 2.55 bits per heavy atom. The van der Waals surface area contributed by atoms with Crippen molar-refractivity contribution in [1.82, 2.24) is 4.57 Å². The van der Waals surface area contributed by atoms with Gasteiger partial charge in [-0.05, 0) is 66.9 Å². The SMILES string of the molecule is CC(=O)N1CCCc2cc(S(=O)(=O)Nc3ccc(Cl)cc3-n3cccc3)ccc21. The molecule has 0 atom stereocenters. The van der Waals surface area contributed by atoms with E-state index in [0.717, 1.165) is 24.1 Å². The van der Waals surface area contributed by atoms with Gasteiger partial charge < -0.3 is 9.47 Å². The molecule has 2 heterocycles. The van der Waals surface area contributed by atoms with E-state index in [2.05, 4.69) is 4.72 Å². The van der Waals surface area contributed by atoms with Gasteiger partial charge in [-0.3, -0.25) is 9.52 Å². The second-order valence-corrected chi connectivity index (χ2v) is 9.04. The summed E-state index contributed by atoms with van der Waals surface area (Å²) in [5.74, 6) is -0.0442. The van der Waals surface area contributed by atoms with Gasteiger partial charge in [-0.2, -0.15) is 0 Å². The number of aromatic nitrogens is 1. The maximum absolute atomic E-state index is 13.1. The first-order valence-corrected chi connectivity index (χ1v) is 11.1. The van der Waals surface area contributed by atoms with Gasteiger partial charge in [-0.15, -0.1) is 0 Å². The van der Waals surface area contributed by atoms with Gasteiger partial charge in [0, 0.05) is 36.6 Å². The summed E-state index contributed by atoms with van der Waals surface area (Å²) in [4.78, 5) is 13.7. The summed E-state index contributed by atoms with van der Waals surface area (Å²) < 4.78 is 30.6. The zero-order chi connectivity index (χ0) is 20.6. The van der Waals surface area contributed by atoms with Crippen molar-refractivity contribution in [2.45, 2.75) is 24.7 Å². The van der Waals surface area contributed by atoms with Gasteiger partial charge in [0.1, 0.15) is 0 Å². The Kier molecular flexibility index (Phi) is 5.10. The molecular formula is C21H20ClN3O3S. The number of carbonyl (C=O) groups excluding carboxylic acids is 1. The molecule has 1 aromatic heterocycles. The Hall–Kier alpha value is -2.77. The molecular weight excluding hydrogens is 410 g/mol. The molecule has 29 heavy (non-hydrogen) atoms. The molecule has 1 amide bonds. The lowest BCUT2D eigenvalue weighted by Gasteiger charge is -2.29. The molecule has 0 radical (unpaired) electrons. The zero-order valence-corrected chi connectivity index (χ0v) is 17.4. The number of nitrogens with one attached hydrogen (secondary N) is 1. The molecule has 4 rings (SSSR count). The minimum atomic E-state index is -3.82. The van der Waals surface area contributed by atoms with Crippen molar-refractivity contribution in [3.05, 3.63) is 71.5 Å². The maximum atomic E-state index is 13.1. The van der Waals surface area contributed by atoms with Crippen molar-refractivity contribution in [1.29, 1.82) is 0 Å². The molecule has 0 bridgehead atoms. The van der Waals surface area contributed by atoms with Crippen LogP contribution in [0.3, 0.4) is 0 Å². The van der Waals surface area contributed by atoms with Gasteiger partial charge in [-0.1, -0.05) is 11.6 Å². The number of amides is 1. The van der Waals surface area contributed by atoms with E-state index < -0.39 is 10.0 Å². The Labute approximate surface area is 174 Å². The number of carbonyl (C=O) groups is 1. The van der Waals surface area contributed by atoms with E-state index in [1.54, 1.807) is 39.8 Å². The van der Waals surface area contributed by atoms with Crippen LogP contribution in [0.4, 0.5) is 11.4 Å². The molecule has 150 valence electrons. The van der Waals surface area contributed by atoms with Gasteiger partial charge in [0.25, 0.3) is 10.0 Å². The normalized spacial score (nSPS) is 13.8. The molecule has 2 aromatic carbocycles. The summed E-state index contributed by atoms with van der Waals surface area (Å²) in [7, 11) is -3.82. The van der Waals surface area contributed by atoms with Gasteiger partial charge in [0.05, 0.1) is 16.3 Å². The van der Waals surface area contributed by atoms with Crippen LogP contribution in [0.1, 0.15) is 18.9 Å². The van der Waals surface area contributed by atoms with E-state index in [0.29, 0.717) is 22.9 Å². The zero-order valence-electron chi connectivity index (χ0n) is 15.8. The minimum absolute atomic E-state index is 0.0442. The van der Waals surface area contributed by atoms with Crippen LogP contribution >= 0.6 is 11.6 Å². The second kappa shape index (κ2) is 7.57. The number of hydrogen-bond acceptors (Lipinski definition) is 3. The fraction of sp³-hybridized carbons (Fsp3) is 0.190. The average molecular weight is 430 g/mol. The van der Waals surface area contributed by atoms with Crippen molar-refractivity contribution in [3.8, 4) is 5.69 Å². The summed E-state index contributed by atoms with van der Waals surface area (Å²) in [6, 6.07) is 13.6. The number of halogens is 1. The molecule has 0 saturated carbocycles. The molecule has 0 spiro atoms. The largest absolute Gasteiger partial charge is 0.322 e. The molecule has 6 nitrogen and oxygen atoms in total. The summed E-state index contributed by atoms with van der Waals surface area (Å²) in [5, 5.41) is 0.509. The van der Waals surface area contributed by atoms with Gasteiger partial charge in [0.15, 0.2) is 0 Å². The Balaban J connectivity index is 1.70. The number of aryl methyl sites for hydroxylation is 1. The molecule has 1 aliphatic heterocycles. The third kappa shape index (κ3) is 3.88. The third-order valence-corrected chi connectivity index (χ3v) is 6.54. The van der Waals surface area contributed by atoms with E-state index >= 15 is 0 Å². The van der Waals surface area contributed by atoms with Crippen LogP contribution in [0.25, 0.3) is 5.69 Å². The van der Waals surface area contributed by atoms with E-state index in [9.17, 15) is 13.2 Å². The highest BCUT2D eigenvalue weighted by Crippen LogP contribution is 2.31. The fourth-order valence-electron chi connectivity index (χ4n) is 3.57. The predicted octanol–water partition coefficient (Wildman–Crippen LogP) is 4.23. The van der Waals surface area contributed by atoms with Gasteiger partial charge in [-0.25, -0.2) is 8.42 Å². The number of sulfonamides is 1. The van der Waals surface area contributed by atoms with Crippen molar-refractivity contribution < 1.29 is 13.2 Å². The topological polar surface area (TPSA) is 71.4 Å². The van der Waals surface area contributed by atoms with E-state index in [1.807, 2.05) is 24.5 Å². The summed E-state index contributed by atoms with van der Waals surface area (Å²) in [5.41, 5.74) is 2.69. The van der Waals surface area contributed by atoms with Crippen molar-refractivity contribution in [3.63, 3.8) is 0 Å². The average Bonchev–Trinajstić information content (AvgIpc) is 3.23. The highest BCUT2D eigenvalue weighted by atomic mass is 35.5. The Morgan fingerprint density at radius 2 is 1.83 bits per heavy atom. The molecule has 0 saturated heterocycles. The molecule has 1 aliphatic rings. The highest BCUT2D eigenvalue weighted by molar-refractivity contribution is 7.92. The third-order valence-electron chi connectivity index (χ3n) is 4.95. The highest BCUT2D eigenvalue weighted by Gasteiger charge is 2.23. The summed E-state index contributed by atoms with van der Waals surface area (Å²) in [6.45, 7) is 2.17. The summed E-state index contributed by atoms with van der Waals surface area (Å²) in [6.07, 6.45) is 5.17. The molecule has 8 heteroatoms. The lowest BCUT2D eigenvalue weighted by molar-refractivity contribution is -0.116. The molecule has 0 unspecified atom stereocenters. The quantitative estimate of drug-likeness (QED) is 0.674. The second-order valence-electron chi connectivity index (χ2n) is 6.92. The smallest absolute Gasteiger partial charge is 0.261 e. The first kappa shape index (κ1) is 19.5. The molecule has 1 N–H and O–H groups in total. The molecule has 0 fully saturated rings. The number of fused-ring (bicyclic) bond motifs is 1. The number of hydrogen-bond donors (Lipinski definition) is 1. The Bertz CT molecular complexity index is 1170. The lowest BCUT2D eigenvalue weighted by Crippen LogP contribution is -2.33. The van der Waals surface area contributed by atoms with Crippen LogP contribution in [0.15, 0.2) is 65.8 Å². The fourth-order valence-corrected chi connectivity index (χ4v) is 4.86. The number of benzene rings is 2. The van der Waals surface area contributed by atoms with Crippen LogP contribution in [-0.4, -0.2) is 25.4 Å². The van der Waals surface area contributed by atoms with Crippen LogP contribution in [0, 0.1) is 0 Å².